The Morgan fingerprint density at radius 1 is 0.915 bits per heavy atom. The molecular weight excluding hydrogens is 608 g/mol. The number of halogens is 1. The van der Waals surface area contributed by atoms with E-state index in [0.717, 1.165) is 38.9 Å². The molecule has 5 aromatic rings. The number of aromatic nitrogens is 1. The van der Waals surface area contributed by atoms with E-state index in [2.05, 4.69) is 11.4 Å². The van der Waals surface area contributed by atoms with E-state index in [9.17, 15) is 14.7 Å². The molecule has 238 valence electrons. The van der Waals surface area contributed by atoms with Crippen molar-refractivity contribution in [1.82, 2.24) is 10.3 Å². The Balaban J connectivity index is 1.41. The van der Waals surface area contributed by atoms with E-state index < -0.39 is 11.6 Å². The van der Waals surface area contributed by atoms with Gasteiger partial charge in [0, 0.05) is 16.5 Å². The van der Waals surface area contributed by atoms with Crippen LogP contribution in [0.15, 0.2) is 109 Å². The van der Waals surface area contributed by atoms with Crippen molar-refractivity contribution in [2.75, 3.05) is 7.11 Å². The molecule has 0 aliphatic heterocycles. The van der Waals surface area contributed by atoms with E-state index in [1.165, 1.54) is 13.2 Å². The highest BCUT2D eigenvalue weighted by atomic mass is 35.5. The lowest BCUT2D eigenvalue weighted by molar-refractivity contribution is -0.117. The van der Waals surface area contributed by atoms with Gasteiger partial charge in [-0.3, -0.25) is 4.79 Å². The maximum Gasteiger partial charge on any atom is 0.338 e. The third kappa shape index (κ3) is 8.82. The highest BCUT2D eigenvalue weighted by molar-refractivity contribution is 6.31. The smallest absolute Gasteiger partial charge is 0.338 e. The maximum atomic E-state index is 13.3. The van der Waals surface area contributed by atoms with Gasteiger partial charge in [0.15, 0.2) is 0 Å². The van der Waals surface area contributed by atoms with Gasteiger partial charge in [-0.2, -0.15) is 0 Å². The van der Waals surface area contributed by atoms with Crippen molar-refractivity contribution >= 4 is 52.6 Å². The van der Waals surface area contributed by atoms with E-state index in [4.69, 9.17) is 21.3 Å². The molecule has 1 atom stereocenters. The van der Waals surface area contributed by atoms with Crippen molar-refractivity contribution in [3.05, 3.63) is 153 Å². The Bertz CT molecular complexity index is 1960. The first kappa shape index (κ1) is 33.3. The first-order chi connectivity index (χ1) is 22.6. The number of nitrogens with one attached hydrogen (secondary N) is 1. The van der Waals surface area contributed by atoms with Crippen LogP contribution in [0.25, 0.3) is 29.1 Å². The molecule has 1 unspecified atom stereocenters. The van der Waals surface area contributed by atoms with Gasteiger partial charge in [0.05, 0.1) is 35.5 Å². The second kappa shape index (κ2) is 15.0. The largest absolute Gasteiger partial charge is 0.465 e. The molecule has 7 heteroatoms. The van der Waals surface area contributed by atoms with Crippen LogP contribution in [0.1, 0.15) is 70.2 Å². The van der Waals surface area contributed by atoms with Gasteiger partial charge in [-0.15, -0.1) is 0 Å². The van der Waals surface area contributed by atoms with Crippen molar-refractivity contribution in [3.8, 4) is 0 Å². The number of hydrogen-bond acceptors (Lipinski definition) is 5. The highest BCUT2D eigenvalue weighted by Crippen LogP contribution is 2.28. The summed E-state index contributed by atoms with van der Waals surface area (Å²) >= 11 is 6.18. The average Bonchev–Trinajstić information content (AvgIpc) is 3.07. The number of esters is 1. The lowest BCUT2D eigenvalue weighted by atomic mass is 9.89. The predicted molar refractivity (Wildman–Crippen MR) is 190 cm³/mol. The van der Waals surface area contributed by atoms with E-state index in [0.29, 0.717) is 29.0 Å². The molecule has 0 fully saturated rings. The van der Waals surface area contributed by atoms with Gasteiger partial charge in [0.2, 0.25) is 5.91 Å². The van der Waals surface area contributed by atoms with E-state index >= 15 is 0 Å². The molecule has 0 spiro atoms. The number of pyridine rings is 1. The Morgan fingerprint density at radius 3 is 2.49 bits per heavy atom. The van der Waals surface area contributed by atoms with Gasteiger partial charge in [-0.05, 0) is 97.0 Å². The standard InChI is InChI=1S/C40H37ClN2O4/c1-40(2,46)35-14-7-5-11-29(35)18-23-36(43-38(44)24-19-28-10-4-6-13-34(28)39(45)47-3)31-12-8-9-27(25-31)15-21-33-22-17-30-16-20-32(41)26-37(30)42-33/h4-17,19-22,24-26,36,46H,18,23H2,1-3H3,(H,43,44)/b21-15+,24-19?. The quantitative estimate of drug-likeness (QED) is 0.111. The van der Waals surface area contributed by atoms with Crippen molar-refractivity contribution in [2.45, 2.75) is 38.3 Å². The average molecular weight is 645 g/mol. The summed E-state index contributed by atoms with van der Waals surface area (Å²) in [6.07, 6.45) is 8.21. The second-order valence-electron chi connectivity index (χ2n) is 11.8. The zero-order chi connectivity index (χ0) is 33.4. The SMILES string of the molecule is COC(=O)c1ccccc1C=CC(=O)NC(CCc1ccccc1C(C)(C)O)c1cccc(/C=C/c2ccc3ccc(Cl)cc3n2)c1. The number of aliphatic hydroxyl groups is 1. The van der Waals surface area contributed by atoms with Crippen LogP contribution in [0.5, 0.6) is 0 Å². The van der Waals surface area contributed by atoms with Crippen molar-refractivity contribution < 1.29 is 19.4 Å². The van der Waals surface area contributed by atoms with Gasteiger partial charge < -0.3 is 15.2 Å². The number of fused-ring (bicyclic) bond motifs is 1. The molecule has 2 N–H and O–H groups in total. The number of ether oxygens (including phenoxy) is 1. The van der Waals surface area contributed by atoms with Gasteiger partial charge in [0.25, 0.3) is 0 Å². The van der Waals surface area contributed by atoms with Crippen LogP contribution in [0, 0.1) is 0 Å². The lowest BCUT2D eigenvalue weighted by Gasteiger charge is -2.24. The number of carbonyl (C=O) groups excluding carboxylic acids is 2. The van der Waals surface area contributed by atoms with Crippen LogP contribution >= 0.6 is 11.6 Å². The summed E-state index contributed by atoms with van der Waals surface area (Å²) in [4.78, 5) is 30.3. The zero-order valence-electron chi connectivity index (χ0n) is 26.6. The van der Waals surface area contributed by atoms with E-state index in [1.807, 2.05) is 84.9 Å². The molecule has 0 saturated heterocycles. The summed E-state index contributed by atoms with van der Waals surface area (Å²) in [6, 6.07) is 32.1. The summed E-state index contributed by atoms with van der Waals surface area (Å²) in [5.74, 6) is -0.771. The number of carbonyl (C=O) groups is 2. The van der Waals surface area contributed by atoms with Gasteiger partial charge >= 0.3 is 5.97 Å². The molecule has 1 aromatic heterocycles. The topological polar surface area (TPSA) is 88.5 Å². The van der Waals surface area contributed by atoms with Gasteiger partial charge in [0.1, 0.15) is 0 Å². The van der Waals surface area contributed by atoms with Crippen LogP contribution in [0.4, 0.5) is 0 Å². The highest BCUT2D eigenvalue weighted by Gasteiger charge is 2.21. The molecular formula is C40H37ClN2O4. The fourth-order valence-electron chi connectivity index (χ4n) is 5.54. The summed E-state index contributed by atoms with van der Waals surface area (Å²) in [6.45, 7) is 3.55. The molecule has 1 heterocycles. The Morgan fingerprint density at radius 2 is 1.68 bits per heavy atom. The molecule has 0 aliphatic carbocycles. The second-order valence-corrected chi connectivity index (χ2v) is 12.2. The Kier molecular flexibility index (Phi) is 10.7. The fourth-order valence-corrected chi connectivity index (χ4v) is 5.71. The minimum Gasteiger partial charge on any atom is -0.465 e. The van der Waals surface area contributed by atoms with E-state index in [-0.39, 0.29) is 11.9 Å². The predicted octanol–water partition coefficient (Wildman–Crippen LogP) is 8.58. The van der Waals surface area contributed by atoms with Crippen LogP contribution in [0.2, 0.25) is 5.02 Å². The van der Waals surface area contributed by atoms with Crippen LogP contribution in [-0.2, 0) is 21.6 Å². The minimum absolute atomic E-state index is 0.301. The molecule has 47 heavy (non-hydrogen) atoms. The molecule has 0 aliphatic rings. The minimum atomic E-state index is -1.00. The fraction of sp³-hybridized carbons (Fsp3) is 0.175. The number of methoxy groups -OCH3 is 1. The molecule has 6 nitrogen and oxygen atoms in total. The van der Waals surface area contributed by atoms with Crippen LogP contribution < -0.4 is 5.32 Å². The Labute approximate surface area is 280 Å². The van der Waals surface area contributed by atoms with Crippen molar-refractivity contribution in [1.29, 1.82) is 0 Å². The van der Waals surface area contributed by atoms with Crippen LogP contribution in [0.3, 0.4) is 0 Å². The van der Waals surface area contributed by atoms with Gasteiger partial charge in [-0.25, -0.2) is 9.78 Å². The number of benzene rings is 4. The number of nitrogens with zero attached hydrogens (tertiary/aromatic N) is 1. The molecule has 0 saturated carbocycles. The normalized spacial score (nSPS) is 12.4. The zero-order valence-corrected chi connectivity index (χ0v) is 27.4. The van der Waals surface area contributed by atoms with Crippen LogP contribution in [-0.4, -0.2) is 29.1 Å². The van der Waals surface area contributed by atoms with Crippen molar-refractivity contribution in [3.63, 3.8) is 0 Å². The van der Waals surface area contributed by atoms with Crippen molar-refractivity contribution in [2.24, 2.45) is 0 Å². The number of rotatable bonds is 11. The molecule has 4 aromatic carbocycles. The number of aryl methyl sites for hydroxylation is 1. The first-order valence-electron chi connectivity index (χ1n) is 15.4. The third-order valence-electron chi connectivity index (χ3n) is 7.91. The molecule has 0 bridgehead atoms. The third-order valence-corrected chi connectivity index (χ3v) is 8.15. The van der Waals surface area contributed by atoms with E-state index in [1.54, 1.807) is 44.2 Å². The summed E-state index contributed by atoms with van der Waals surface area (Å²) in [7, 11) is 1.33. The summed E-state index contributed by atoms with van der Waals surface area (Å²) < 4.78 is 4.89. The first-order valence-corrected chi connectivity index (χ1v) is 15.8. The lowest BCUT2D eigenvalue weighted by Crippen LogP contribution is -2.28. The monoisotopic (exact) mass is 644 g/mol. The Hall–Kier alpha value is -5.04. The molecule has 1 amide bonds. The molecule has 0 radical (unpaired) electrons. The maximum absolute atomic E-state index is 13.3. The molecule has 5 rings (SSSR count). The number of amides is 1. The summed E-state index contributed by atoms with van der Waals surface area (Å²) in [5.41, 5.74) is 5.34. The number of hydrogen-bond donors (Lipinski definition) is 2. The summed E-state index contributed by atoms with van der Waals surface area (Å²) in [5, 5.41) is 15.6. The van der Waals surface area contributed by atoms with Gasteiger partial charge in [-0.1, -0.05) is 90.5 Å².